The molecule has 2 heterocycles. The second-order valence-electron chi connectivity index (χ2n) is 4.95. The SMILES string of the molecule is O=c1[nH]c2ccc(-c3ccc(NC4CC4)nn3)cc2o1. The van der Waals surface area contributed by atoms with Crippen LogP contribution in [0.1, 0.15) is 12.8 Å². The molecule has 2 N–H and O–H groups in total. The highest BCUT2D eigenvalue weighted by molar-refractivity contribution is 5.78. The van der Waals surface area contributed by atoms with Crippen molar-refractivity contribution in [3.8, 4) is 11.3 Å². The summed E-state index contributed by atoms with van der Waals surface area (Å²) in [5.74, 6) is 0.345. The fourth-order valence-electron chi connectivity index (χ4n) is 2.10. The largest absolute Gasteiger partial charge is 0.417 e. The first-order valence-corrected chi connectivity index (χ1v) is 6.51. The monoisotopic (exact) mass is 268 g/mol. The standard InChI is InChI=1S/C14H12N4O2/c19-14-16-11-4-1-8(7-12(11)20-14)10-5-6-13(18-17-10)15-9-2-3-9/h1,4-7,9H,2-3H2,(H,15,18)(H,16,19). The summed E-state index contributed by atoms with van der Waals surface area (Å²) in [7, 11) is 0. The summed E-state index contributed by atoms with van der Waals surface area (Å²) in [6.45, 7) is 0. The number of oxazole rings is 1. The molecular weight excluding hydrogens is 256 g/mol. The van der Waals surface area contributed by atoms with Crippen molar-refractivity contribution in [2.24, 2.45) is 0 Å². The lowest BCUT2D eigenvalue weighted by Crippen LogP contribution is -2.03. The molecule has 0 atom stereocenters. The first kappa shape index (κ1) is 11.2. The van der Waals surface area contributed by atoms with E-state index in [4.69, 9.17) is 4.42 Å². The molecule has 0 amide bonds. The van der Waals surface area contributed by atoms with E-state index in [1.54, 1.807) is 12.1 Å². The van der Waals surface area contributed by atoms with Gasteiger partial charge in [0, 0.05) is 11.6 Å². The molecular formula is C14H12N4O2. The molecule has 1 fully saturated rings. The van der Waals surface area contributed by atoms with E-state index in [9.17, 15) is 4.79 Å². The smallest absolute Gasteiger partial charge is 0.408 e. The van der Waals surface area contributed by atoms with Crippen molar-refractivity contribution in [3.05, 3.63) is 40.9 Å². The van der Waals surface area contributed by atoms with Gasteiger partial charge in [-0.25, -0.2) is 4.79 Å². The van der Waals surface area contributed by atoms with E-state index < -0.39 is 5.76 Å². The molecule has 0 aliphatic heterocycles. The number of nitrogens with one attached hydrogen (secondary N) is 2. The first-order valence-electron chi connectivity index (χ1n) is 6.51. The van der Waals surface area contributed by atoms with Gasteiger partial charge in [-0.15, -0.1) is 10.2 Å². The van der Waals surface area contributed by atoms with Crippen LogP contribution in [0, 0.1) is 0 Å². The third-order valence-corrected chi connectivity index (χ3v) is 3.31. The lowest BCUT2D eigenvalue weighted by Gasteiger charge is -2.03. The molecule has 4 rings (SSSR count). The maximum Gasteiger partial charge on any atom is 0.417 e. The van der Waals surface area contributed by atoms with E-state index in [1.807, 2.05) is 18.2 Å². The van der Waals surface area contributed by atoms with Crippen molar-refractivity contribution in [3.63, 3.8) is 0 Å². The van der Waals surface area contributed by atoms with Gasteiger partial charge in [0.1, 0.15) is 5.82 Å². The van der Waals surface area contributed by atoms with Crippen molar-refractivity contribution in [1.82, 2.24) is 15.2 Å². The molecule has 2 aromatic heterocycles. The first-order chi connectivity index (χ1) is 9.78. The second-order valence-corrected chi connectivity index (χ2v) is 4.95. The Hall–Kier alpha value is -2.63. The van der Waals surface area contributed by atoms with Crippen LogP contribution in [-0.4, -0.2) is 21.2 Å². The normalized spacial score (nSPS) is 14.6. The summed E-state index contributed by atoms with van der Waals surface area (Å²) in [5, 5.41) is 11.6. The van der Waals surface area contributed by atoms with Crippen LogP contribution in [0.2, 0.25) is 0 Å². The van der Waals surface area contributed by atoms with E-state index in [-0.39, 0.29) is 0 Å². The molecule has 20 heavy (non-hydrogen) atoms. The predicted octanol–water partition coefficient (Wildman–Crippen LogP) is 2.15. The van der Waals surface area contributed by atoms with Crippen LogP contribution in [-0.2, 0) is 0 Å². The maximum absolute atomic E-state index is 11.1. The van der Waals surface area contributed by atoms with E-state index in [1.165, 1.54) is 12.8 Å². The third-order valence-electron chi connectivity index (χ3n) is 3.31. The summed E-state index contributed by atoms with van der Waals surface area (Å²) >= 11 is 0. The molecule has 0 radical (unpaired) electrons. The Morgan fingerprint density at radius 3 is 2.85 bits per heavy atom. The summed E-state index contributed by atoms with van der Waals surface area (Å²) < 4.78 is 5.04. The van der Waals surface area contributed by atoms with Gasteiger partial charge >= 0.3 is 5.76 Å². The van der Waals surface area contributed by atoms with E-state index in [0.29, 0.717) is 17.1 Å². The molecule has 0 spiro atoms. The summed E-state index contributed by atoms with van der Waals surface area (Å²) in [5.41, 5.74) is 2.82. The number of anilines is 1. The quantitative estimate of drug-likeness (QED) is 0.760. The number of hydrogen-bond donors (Lipinski definition) is 2. The third kappa shape index (κ3) is 2.05. The lowest BCUT2D eigenvalue weighted by atomic mass is 10.1. The number of hydrogen-bond acceptors (Lipinski definition) is 5. The summed E-state index contributed by atoms with van der Waals surface area (Å²) in [6.07, 6.45) is 2.40. The Labute approximate surface area is 113 Å². The fraction of sp³-hybridized carbons (Fsp3) is 0.214. The van der Waals surface area contributed by atoms with Gasteiger partial charge in [-0.05, 0) is 37.1 Å². The van der Waals surface area contributed by atoms with Crippen molar-refractivity contribution < 1.29 is 4.42 Å². The van der Waals surface area contributed by atoms with Gasteiger partial charge in [-0.3, -0.25) is 4.98 Å². The summed E-state index contributed by atoms with van der Waals surface area (Å²) in [6, 6.07) is 9.84. The highest BCUT2D eigenvalue weighted by Crippen LogP contribution is 2.25. The molecule has 100 valence electrons. The molecule has 6 nitrogen and oxygen atoms in total. The van der Waals surface area contributed by atoms with Gasteiger partial charge in [-0.2, -0.15) is 0 Å². The number of H-pyrrole nitrogens is 1. The number of aromatic nitrogens is 3. The minimum absolute atomic E-state index is 0.452. The van der Waals surface area contributed by atoms with Crippen LogP contribution in [0.5, 0.6) is 0 Å². The zero-order valence-corrected chi connectivity index (χ0v) is 10.6. The van der Waals surface area contributed by atoms with Crippen LogP contribution in [0.4, 0.5) is 5.82 Å². The number of aromatic amines is 1. The molecule has 1 aliphatic carbocycles. The Morgan fingerprint density at radius 1 is 1.20 bits per heavy atom. The maximum atomic E-state index is 11.1. The number of fused-ring (bicyclic) bond motifs is 1. The second kappa shape index (κ2) is 4.19. The molecule has 1 aromatic carbocycles. The van der Waals surface area contributed by atoms with Gasteiger partial charge in [0.2, 0.25) is 0 Å². The Morgan fingerprint density at radius 2 is 2.10 bits per heavy atom. The van der Waals surface area contributed by atoms with E-state index >= 15 is 0 Å². The highest BCUT2D eigenvalue weighted by atomic mass is 16.4. The van der Waals surface area contributed by atoms with Crippen molar-refractivity contribution in [2.45, 2.75) is 18.9 Å². The molecule has 3 aromatic rings. The molecule has 6 heteroatoms. The molecule has 1 saturated carbocycles. The topological polar surface area (TPSA) is 83.8 Å². The molecule has 0 bridgehead atoms. The lowest BCUT2D eigenvalue weighted by molar-refractivity contribution is 0.555. The van der Waals surface area contributed by atoms with Gasteiger partial charge in [-0.1, -0.05) is 6.07 Å². The number of rotatable bonds is 3. The Bertz CT molecular complexity index is 815. The van der Waals surface area contributed by atoms with Gasteiger partial charge in [0.15, 0.2) is 5.58 Å². The summed E-state index contributed by atoms with van der Waals surface area (Å²) in [4.78, 5) is 13.7. The zero-order chi connectivity index (χ0) is 13.5. The van der Waals surface area contributed by atoms with Crippen LogP contribution < -0.4 is 11.1 Å². The minimum Gasteiger partial charge on any atom is -0.408 e. The van der Waals surface area contributed by atoms with Gasteiger partial charge in [0.25, 0.3) is 0 Å². The average Bonchev–Trinajstić information content (AvgIpc) is 3.18. The fourth-order valence-corrected chi connectivity index (χ4v) is 2.10. The van der Waals surface area contributed by atoms with Crippen molar-refractivity contribution >= 4 is 16.9 Å². The number of nitrogens with zero attached hydrogens (tertiary/aromatic N) is 2. The van der Waals surface area contributed by atoms with Crippen molar-refractivity contribution in [2.75, 3.05) is 5.32 Å². The van der Waals surface area contributed by atoms with Crippen LogP contribution in [0.15, 0.2) is 39.5 Å². The Kier molecular flexibility index (Phi) is 2.35. The Balaban J connectivity index is 1.68. The van der Waals surface area contributed by atoms with Gasteiger partial charge in [0.05, 0.1) is 11.2 Å². The average molecular weight is 268 g/mol. The molecule has 0 unspecified atom stereocenters. The minimum atomic E-state index is -0.452. The number of benzene rings is 1. The zero-order valence-electron chi connectivity index (χ0n) is 10.6. The van der Waals surface area contributed by atoms with Crippen molar-refractivity contribution in [1.29, 1.82) is 0 Å². The van der Waals surface area contributed by atoms with Crippen LogP contribution in [0.3, 0.4) is 0 Å². The highest BCUT2D eigenvalue weighted by Gasteiger charge is 2.21. The van der Waals surface area contributed by atoms with E-state index in [0.717, 1.165) is 17.1 Å². The molecule has 0 saturated heterocycles. The van der Waals surface area contributed by atoms with Crippen LogP contribution in [0.25, 0.3) is 22.4 Å². The van der Waals surface area contributed by atoms with Crippen LogP contribution >= 0.6 is 0 Å². The predicted molar refractivity (Wildman–Crippen MR) is 74.5 cm³/mol. The molecule has 1 aliphatic rings. The van der Waals surface area contributed by atoms with E-state index in [2.05, 4.69) is 20.5 Å². The van der Waals surface area contributed by atoms with Gasteiger partial charge < -0.3 is 9.73 Å².